The standard InChI is InChI=1S/C19H17N3O4/c1-9-13(21)4-3-11-16(12(7-20)19(22)26-17(9)11)10-5-14(23-2)18-15(6-10)24-8-25-18/h3-6,16H,8,21-22H2,1-2H3. The number of anilines is 1. The highest BCUT2D eigenvalue weighted by molar-refractivity contribution is 5.66. The largest absolute Gasteiger partial charge is 0.493 e. The van der Waals surface area contributed by atoms with Gasteiger partial charge in [-0.2, -0.15) is 5.26 Å². The zero-order valence-corrected chi connectivity index (χ0v) is 14.3. The molecule has 0 spiro atoms. The summed E-state index contributed by atoms with van der Waals surface area (Å²) in [6.07, 6.45) is 0. The number of benzene rings is 2. The van der Waals surface area contributed by atoms with Crippen molar-refractivity contribution in [2.75, 3.05) is 19.6 Å². The summed E-state index contributed by atoms with van der Waals surface area (Å²) in [5.74, 6) is 1.86. The van der Waals surface area contributed by atoms with Crippen LogP contribution in [0.2, 0.25) is 0 Å². The highest BCUT2D eigenvalue weighted by Gasteiger charge is 2.34. The van der Waals surface area contributed by atoms with Gasteiger partial charge in [-0.1, -0.05) is 6.07 Å². The van der Waals surface area contributed by atoms with Crippen molar-refractivity contribution in [3.05, 3.63) is 52.4 Å². The Hall–Kier alpha value is -3.53. The smallest absolute Gasteiger partial charge is 0.231 e. The van der Waals surface area contributed by atoms with Crippen LogP contribution in [0.3, 0.4) is 0 Å². The summed E-state index contributed by atoms with van der Waals surface area (Å²) in [6.45, 7) is 1.98. The van der Waals surface area contributed by atoms with E-state index < -0.39 is 5.92 Å². The first-order valence-electron chi connectivity index (χ1n) is 7.99. The number of methoxy groups -OCH3 is 1. The van der Waals surface area contributed by atoms with Crippen molar-refractivity contribution in [1.29, 1.82) is 5.26 Å². The molecule has 2 aliphatic heterocycles. The fourth-order valence-electron chi connectivity index (χ4n) is 3.34. The summed E-state index contributed by atoms with van der Waals surface area (Å²) in [4.78, 5) is 0. The first-order valence-corrected chi connectivity index (χ1v) is 7.99. The van der Waals surface area contributed by atoms with Crippen molar-refractivity contribution in [3.8, 4) is 29.1 Å². The van der Waals surface area contributed by atoms with Gasteiger partial charge in [-0.25, -0.2) is 0 Å². The lowest BCUT2D eigenvalue weighted by Crippen LogP contribution is -2.22. The van der Waals surface area contributed by atoms with E-state index in [1.165, 1.54) is 0 Å². The summed E-state index contributed by atoms with van der Waals surface area (Å²) < 4.78 is 22.1. The topological polar surface area (TPSA) is 113 Å². The van der Waals surface area contributed by atoms with E-state index in [1.807, 2.05) is 25.1 Å². The first-order chi connectivity index (χ1) is 12.5. The molecule has 1 unspecified atom stereocenters. The summed E-state index contributed by atoms with van der Waals surface area (Å²) in [6, 6.07) is 9.47. The molecule has 4 N–H and O–H groups in total. The van der Waals surface area contributed by atoms with Gasteiger partial charge in [-0.15, -0.1) is 0 Å². The third-order valence-corrected chi connectivity index (χ3v) is 4.69. The Labute approximate surface area is 150 Å². The second kappa shape index (κ2) is 5.77. The third-order valence-electron chi connectivity index (χ3n) is 4.69. The van der Waals surface area contributed by atoms with E-state index in [1.54, 1.807) is 13.2 Å². The van der Waals surface area contributed by atoms with Crippen molar-refractivity contribution < 1.29 is 18.9 Å². The first kappa shape index (κ1) is 16.0. The van der Waals surface area contributed by atoms with Crippen LogP contribution in [0.1, 0.15) is 22.6 Å². The minimum absolute atomic E-state index is 0.0651. The van der Waals surface area contributed by atoms with E-state index in [9.17, 15) is 5.26 Å². The quantitative estimate of drug-likeness (QED) is 0.799. The molecule has 2 heterocycles. The molecule has 2 aromatic rings. The number of allylic oxidation sites excluding steroid dienone is 1. The number of hydrogen-bond acceptors (Lipinski definition) is 7. The van der Waals surface area contributed by atoms with Gasteiger partial charge in [0.05, 0.1) is 13.0 Å². The van der Waals surface area contributed by atoms with Crippen LogP contribution in [0.5, 0.6) is 23.0 Å². The van der Waals surface area contributed by atoms with Crippen molar-refractivity contribution >= 4 is 5.69 Å². The fraction of sp³-hybridized carbons (Fsp3) is 0.211. The van der Waals surface area contributed by atoms with Gasteiger partial charge in [0.2, 0.25) is 18.4 Å². The van der Waals surface area contributed by atoms with E-state index in [0.717, 1.165) is 16.7 Å². The molecule has 132 valence electrons. The lowest BCUT2D eigenvalue weighted by Gasteiger charge is -2.28. The molecule has 0 bridgehead atoms. The Kier molecular flexibility index (Phi) is 3.55. The highest BCUT2D eigenvalue weighted by atomic mass is 16.7. The van der Waals surface area contributed by atoms with Crippen molar-refractivity contribution in [1.82, 2.24) is 0 Å². The fourth-order valence-corrected chi connectivity index (χ4v) is 3.34. The van der Waals surface area contributed by atoms with Crippen LogP contribution in [-0.4, -0.2) is 13.9 Å². The molecule has 2 aromatic carbocycles. The zero-order chi connectivity index (χ0) is 18.4. The molecule has 0 radical (unpaired) electrons. The van der Waals surface area contributed by atoms with Gasteiger partial charge in [0.1, 0.15) is 17.4 Å². The molecule has 7 heteroatoms. The van der Waals surface area contributed by atoms with Gasteiger partial charge in [0, 0.05) is 16.8 Å². The molecule has 0 aromatic heterocycles. The van der Waals surface area contributed by atoms with Gasteiger partial charge in [-0.05, 0) is 30.7 Å². The lowest BCUT2D eigenvalue weighted by atomic mass is 9.82. The lowest BCUT2D eigenvalue weighted by molar-refractivity contribution is 0.171. The summed E-state index contributed by atoms with van der Waals surface area (Å²) in [7, 11) is 1.55. The second-order valence-electron chi connectivity index (χ2n) is 6.08. The molecule has 7 nitrogen and oxygen atoms in total. The Morgan fingerprint density at radius 3 is 2.73 bits per heavy atom. The molecule has 4 rings (SSSR count). The van der Waals surface area contributed by atoms with Gasteiger partial charge in [0.25, 0.3) is 0 Å². The number of nitrogens with zero attached hydrogens (tertiary/aromatic N) is 1. The Bertz CT molecular complexity index is 991. The van der Waals surface area contributed by atoms with E-state index >= 15 is 0 Å². The summed E-state index contributed by atoms with van der Waals surface area (Å²) in [5, 5.41) is 9.68. The Morgan fingerprint density at radius 1 is 1.19 bits per heavy atom. The second-order valence-corrected chi connectivity index (χ2v) is 6.08. The highest BCUT2D eigenvalue weighted by Crippen LogP contribution is 2.49. The van der Waals surface area contributed by atoms with E-state index in [4.69, 9.17) is 30.4 Å². The molecule has 0 fully saturated rings. The average Bonchev–Trinajstić information content (AvgIpc) is 3.12. The Morgan fingerprint density at radius 2 is 2.00 bits per heavy atom. The molecular formula is C19H17N3O4. The predicted molar refractivity (Wildman–Crippen MR) is 94.0 cm³/mol. The van der Waals surface area contributed by atoms with Gasteiger partial charge in [-0.3, -0.25) is 0 Å². The van der Waals surface area contributed by atoms with E-state index in [0.29, 0.717) is 34.3 Å². The van der Waals surface area contributed by atoms with Crippen LogP contribution in [0.15, 0.2) is 35.7 Å². The summed E-state index contributed by atoms with van der Waals surface area (Å²) in [5.41, 5.74) is 15.3. The van der Waals surface area contributed by atoms with E-state index in [2.05, 4.69) is 6.07 Å². The molecule has 0 saturated carbocycles. The number of fused-ring (bicyclic) bond motifs is 2. The van der Waals surface area contributed by atoms with Crippen LogP contribution >= 0.6 is 0 Å². The van der Waals surface area contributed by atoms with Crippen molar-refractivity contribution in [2.45, 2.75) is 12.8 Å². The molecule has 0 aliphatic carbocycles. The SMILES string of the molecule is COc1cc(C2C(C#N)=C(N)Oc3c2ccc(N)c3C)cc2c1OCO2. The van der Waals surface area contributed by atoms with Gasteiger partial charge in [0.15, 0.2) is 11.5 Å². The van der Waals surface area contributed by atoms with Crippen LogP contribution in [0.4, 0.5) is 5.69 Å². The van der Waals surface area contributed by atoms with Crippen LogP contribution < -0.4 is 30.4 Å². The summed E-state index contributed by atoms with van der Waals surface area (Å²) >= 11 is 0. The minimum Gasteiger partial charge on any atom is -0.493 e. The van der Waals surface area contributed by atoms with Crippen molar-refractivity contribution in [2.24, 2.45) is 5.73 Å². The van der Waals surface area contributed by atoms with Gasteiger partial charge >= 0.3 is 0 Å². The average molecular weight is 351 g/mol. The molecule has 1 atom stereocenters. The third kappa shape index (κ3) is 2.19. The maximum absolute atomic E-state index is 9.68. The van der Waals surface area contributed by atoms with Crippen LogP contribution in [0, 0.1) is 18.3 Å². The molecular weight excluding hydrogens is 334 g/mol. The van der Waals surface area contributed by atoms with Crippen LogP contribution in [0.25, 0.3) is 0 Å². The maximum Gasteiger partial charge on any atom is 0.231 e. The normalized spacial score (nSPS) is 17.3. The number of rotatable bonds is 2. The number of ether oxygens (including phenoxy) is 4. The zero-order valence-electron chi connectivity index (χ0n) is 14.3. The molecule has 2 aliphatic rings. The minimum atomic E-state index is -0.425. The number of hydrogen-bond donors (Lipinski definition) is 2. The maximum atomic E-state index is 9.68. The van der Waals surface area contributed by atoms with Crippen molar-refractivity contribution in [3.63, 3.8) is 0 Å². The number of nitriles is 1. The van der Waals surface area contributed by atoms with Gasteiger partial charge < -0.3 is 30.4 Å². The number of nitrogens with two attached hydrogens (primary N) is 2. The Balaban J connectivity index is 1.96. The molecule has 26 heavy (non-hydrogen) atoms. The number of nitrogen functional groups attached to an aromatic ring is 1. The monoisotopic (exact) mass is 351 g/mol. The molecule has 0 saturated heterocycles. The predicted octanol–water partition coefficient (Wildman–Crippen LogP) is 2.53. The van der Waals surface area contributed by atoms with E-state index in [-0.39, 0.29) is 12.7 Å². The molecule has 0 amide bonds. The van der Waals surface area contributed by atoms with Crippen LogP contribution in [-0.2, 0) is 0 Å².